The number of nitrogens with two attached hydrogens (primary N) is 1. The van der Waals surface area contributed by atoms with E-state index in [0.717, 1.165) is 0 Å². The highest BCUT2D eigenvalue weighted by Crippen LogP contribution is 2.31. The number of hydrogen-bond donors (Lipinski definition) is 1. The van der Waals surface area contributed by atoms with Crippen LogP contribution in [0.15, 0.2) is 12.1 Å². The van der Waals surface area contributed by atoms with Gasteiger partial charge in [-0.1, -0.05) is 11.6 Å². The number of benzene rings is 1. The fraction of sp³-hybridized carbons (Fsp3) is 0.125. The van der Waals surface area contributed by atoms with Crippen LogP contribution in [-0.2, 0) is 0 Å². The highest BCUT2D eigenvalue weighted by molar-refractivity contribution is 6.34. The maximum Gasteiger partial charge on any atom is 0.292 e. The van der Waals surface area contributed by atoms with Gasteiger partial charge in [-0.25, -0.2) is 0 Å². The highest BCUT2D eigenvalue weighted by Gasteiger charge is 2.19. The Labute approximate surface area is 84.6 Å². The lowest BCUT2D eigenvalue weighted by molar-refractivity contribution is -0.383. The normalized spacial score (nSPS) is 9.86. The van der Waals surface area contributed by atoms with Crippen LogP contribution >= 0.6 is 11.6 Å². The fourth-order valence-corrected chi connectivity index (χ4v) is 1.40. The molecule has 0 amide bonds. The van der Waals surface area contributed by atoms with Crippen LogP contribution in [-0.4, -0.2) is 10.7 Å². The first-order valence-corrected chi connectivity index (χ1v) is 4.06. The molecule has 14 heavy (non-hydrogen) atoms. The molecule has 0 aliphatic carbocycles. The summed E-state index contributed by atoms with van der Waals surface area (Å²) < 4.78 is 0. The molecular weight excluding hydrogens is 208 g/mol. The number of Topliss-reactive ketones (excluding diaryl/α,β-unsaturated/α-hetero) is 1. The molecule has 0 unspecified atom stereocenters. The summed E-state index contributed by atoms with van der Waals surface area (Å²) in [6.07, 6.45) is 0. The summed E-state index contributed by atoms with van der Waals surface area (Å²) >= 11 is 5.68. The van der Waals surface area contributed by atoms with Crippen molar-refractivity contribution in [2.45, 2.75) is 6.92 Å². The van der Waals surface area contributed by atoms with Gasteiger partial charge < -0.3 is 5.73 Å². The Bertz CT molecular complexity index is 417. The molecular formula is C8H7ClN2O3. The van der Waals surface area contributed by atoms with E-state index in [2.05, 4.69) is 0 Å². The Morgan fingerprint density at radius 2 is 2.14 bits per heavy atom. The smallest absolute Gasteiger partial charge is 0.292 e. The maximum absolute atomic E-state index is 11.1. The van der Waals surface area contributed by atoms with E-state index in [9.17, 15) is 14.9 Å². The van der Waals surface area contributed by atoms with Crippen molar-refractivity contribution in [2.24, 2.45) is 0 Å². The van der Waals surface area contributed by atoms with Gasteiger partial charge in [0.15, 0.2) is 5.78 Å². The summed E-state index contributed by atoms with van der Waals surface area (Å²) in [5.41, 5.74) is 4.95. The number of carbonyl (C=O) groups is 1. The largest absolute Gasteiger partial charge is 0.393 e. The third-order valence-corrected chi connectivity index (χ3v) is 2.04. The number of nitrogens with zero attached hydrogens (tertiary/aromatic N) is 1. The second-order valence-corrected chi connectivity index (χ2v) is 3.08. The van der Waals surface area contributed by atoms with Gasteiger partial charge in [-0.05, 0) is 13.0 Å². The number of rotatable bonds is 2. The Hall–Kier alpha value is -1.62. The zero-order valence-corrected chi connectivity index (χ0v) is 8.04. The van der Waals surface area contributed by atoms with E-state index in [0.29, 0.717) is 0 Å². The molecule has 1 aromatic carbocycles. The van der Waals surface area contributed by atoms with Crippen LogP contribution in [0, 0.1) is 10.1 Å². The number of nitrogen functional groups attached to an aromatic ring is 1. The number of hydrogen-bond acceptors (Lipinski definition) is 4. The van der Waals surface area contributed by atoms with Gasteiger partial charge in [-0.15, -0.1) is 0 Å². The second-order valence-electron chi connectivity index (χ2n) is 2.67. The quantitative estimate of drug-likeness (QED) is 0.353. The summed E-state index contributed by atoms with van der Waals surface area (Å²) in [7, 11) is 0. The zero-order valence-electron chi connectivity index (χ0n) is 7.28. The predicted molar refractivity (Wildman–Crippen MR) is 52.5 cm³/mol. The lowest BCUT2D eigenvalue weighted by Gasteiger charge is -2.04. The van der Waals surface area contributed by atoms with Crippen molar-refractivity contribution in [1.82, 2.24) is 0 Å². The fourth-order valence-electron chi connectivity index (χ4n) is 1.10. The molecule has 0 saturated heterocycles. The number of anilines is 1. The molecule has 5 nitrogen and oxygen atoms in total. The van der Waals surface area contributed by atoms with Crippen LogP contribution in [0.2, 0.25) is 5.02 Å². The van der Waals surface area contributed by atoms with Gasteiger partial charge in [-0.2, -0.15) is 0 Å². The van der Waals surface area contributed by atoms with Gasteiger partial charge in [0, 0.05) is 6.07 Å². The van der Waals surface area contributed by atoms with Crippen LogP contribution in [0.25, 0.3) is 0 Å². The molecule has 1 rings (SSSR count). The van der Waals surface area contributed by atoms with Crippen molar-refractivity contribution in [2.75, 3.05) is 5.73 Å². The maximum atomic E-state index is 11.1. The molecule has 0 aromatic heterocycles. The standard InChI is InChI=1S/C8H7ClN2O3/c1-4(12)7-5(9)2-3-6(8(7)10)11(13)14/h2-3H,10H2,1H3. The average molecular weight is 215 g/mol. The van der Waals surface area contributed by atoms with Crippen LogP contribution in [0.3, 0.4) is 0 Å². The van der Waals surface area contributed by atoms with E-state index >= 15 is 0 Å². The van der Waals surface area contributed by atoms with Crippen molar-refractivity contribution in [3.63, 3.8) is 0 Å². The van der Waals surface area contributed by atoms with E-state index in [1.54, 1.807) is 0 Å². The van der Waals surface area contributed by atoms with Crippen LogP contribution in [0.5, 0.6) is 0 Å². The molecule has 0 bridgehead atoms. The Balaban J connectivity index is 3.49. The molecule has 0 aliphatic rings. The van der Waals surface area contributed by atoms with E-state index in [4.69, 9.17) is 17.3 Å². The summed E-state index contributed by atoms with van der Waals surface area (Å²) in [4.78, 5) is 20.9. The van der Waals surface area contributed by atoms with Gasteiger partial charge in [0.05, 0.1) is 15.5 Å². The molecule has 0 atom stereocenters. The minimum Gasteiger partial charge on any atom is -0.393 e. The van der Waals surface area contributed by atoms with Crippen molar-refractivity contribution >= 4 is 28.8 Å². The molecule has 0 heterocycles. The zero-order chi connectivity index (χ0) is 10.9. The SMILES string of the molecule is CC(=O)c1c(Cl)ccc([N+](=O)[O-])c1N. The first-order chi connectivity index (χ1) is 6.45. The number of nitro benzene ring substituents is 1. The van der Waals surface area contributed by atoms with Gasteiger partial charge >= 0.3 is 0 Å². The summed E-state index contributed by atoms with van der Waals surface area (Å²) in [5.74, 6) is -0.392. The van der Waals surface area contributed by atoms with Gasteiger partial charge in [0.1, 0.15) is 5.69 Å². The molecule has 2 N–H and O–H groups in total. The van der Waals surface area contributed by atoms with E-state index in [-0.39, 0.29) is 22.0 Å². The summed E-state index contributed by atoms with van der Waals surface area (Å²) in [6.45, 7) is 1.25. The molecule has 1 aromatic rings. The lowest BCUT2D eigenvalue weighted by Crippen LogP contribution is -2.04. The number of halogens is 1. The second kappa shape index (κ2) is 3.63. The van der Waals surface area contributed by atoms with Crippen LogP contribution in [0.1, 0.15) is 17.3 Å². The monoisotopic (exact) mass is 214 g/mol. The predicted octanol–water partition coefficient (Wildman–Crippen LogP) is 2.03. The highest BCUT2D eigenvalue weighted by atomic mass is 35.5. The third-order valence-electron chi connectivity index (χ3n) is 1.72. The molecule has 0 saturated carbocycles. The molecule has 0 spiro atoms. The van der Waals surface area contributed by atoms with E-state index in [1.165, 1.54) is 19.1 Å². The van der Waals surface area contributed by atoms with E-state index in [1.807, 2.05) is 0 Å². The summed E-state index contributed by atoms with van der Waals surface area (Å²) in [5, 5.41) is 10.6. The van der Waals surface area contributed by atoms with Crippen LogP contribution < -0.4 is 5.73 Å². The van der Waals surface area contributed by atoms with E-state index < -0.39 is 10.7 Å². The molecule has 0 fully saturated rings. The van der Waals surface area contributed by atoms with Crippen molar-refractivity contribution < 1.29 is 9.72 Å². The third kappa shape index (κ3) is 1.67. The Morgan fingerprint density at radius 3 is 2.57 bits per heavy atom. The summed E-state index contributed by atoms with van der Waals surface area (Å²) in [6, 6.07) is 2.46. The number of ketones is 1. The van der Waals surface area contributed by atoms with Gasteiger partial charge in [0.2, 0.25) is 0 Å². The van der Waals surface area contributed by atoms with Gasteiger partial charge in [0.25, 0.3) is 5.69 Å². The van der Waals surface area contributed by atoms with Crippen molar-refractivity contribution in [1.29, 1.82) is 0 Å². The first-order valence-electron chi connectivity index (χ1n) is 3.68. The Kier molecular flexibility index (Phi) is 2.71. The Morgan fingerprint density at radius 1 is 1.57 bits per heavy atom. The minimum absolute atomic E-state index is 0.000802. The van der Waals surface area contributed by atoms with Crippen molar-refractivity contribution in [3.8, 4) is 0 Å². The molecule has 0 radical (unpaired) electrons. The molecule has 0 aliphatic heterocycles. The average Bonchev–Trinajstić information content (AvgIpc) is 2.02. The lowest BCUT2D eigenvalue weighted by atomic mass is 10.1. The first kappa shape index (κ1) is 10.5. The minimum atomic E-state index is -0.655. The number of carbonyl (C=O) groups excluding carboxylic acids is 1. The van der Waals surface area contributed by atoms with Crippen LogP contribution in [0.4, 0.5) is 11.4 Å². The molecule has 6 heteroatoms. The van der Waals surface area contributed by atoms with Gasteiger partial charge in [-0.3, -0.25) is 14.9 Å². The molecule has 74 valence electrons. The number of nitro groups is 1. The topological polar surface area (TPSA) is 86.2 Å². The van der Waals surface area contributed by atoms with Crippen molar-refractivity contribution in [3.05, 3.63) is 32.8 Å².